The lowest BCUT2D eigenvalue weighted by Gasteiger charge is -2.38. The van der Waals surface area contributed by atoms with Crippen LogP contribution in [-0.2, 0) is 14.3 Å². The average molecular weight is 379 g/mol. The summed E-state index contributed by atoms with van der Waals surface area (Å²) >= 11 is 0. The molecule has 4 rings (SSSR count). The van der Waals surface area contributed by atoms with E-state index in [4.69, 9.17) is 10.5 Å². The van der Waals surface area contributed by atoms with Gasteiger partial charge in [-0.3, -0.25) is 9.59 Å². The molecule has 0 heterocycles. The topological polar surface area (TPSA) is 89.6 Å². The summed E-state index contributed by atoms with van der Waals surface area (Å²) in [6.45, 7) is 0.167. The monoisotopic (exact) mass is 379 g/mol. The van der Waals surface area contributed by atoms with E-state index in [1.165, 1.54) is 11.1 Å². The summed E-state index contributed by atoms with van der Waals surface area (Å²) in [6.07, 6.45) is 2.54. The van der Waals surface area contributed by atoms with E-state index in [9.17, 15) is 14.7 Å². The second kappa shape index (κ2) is 7.40. The number of carbonyl (C=O) groups is 2. The van der Waals surface area contributed by atoms with Crippen LogP contribution in [0.2, 0.25) is 0 Å². The molecule has 0 bridgehead atoms. The number of fused-ring (bicyclic) bond motifs is 3. The molecule has 0 aromatic heterocycles. The van der Waals surface area contributed by atoms with Gasteiger partial charge in [0.15, 0.2) is 0 Å². The molecule has 2 aliphatic rings. The SMILES string of the molecule is NCC1(C(=O)O)CCCCC1C(=O)OCC1c2ccccc2-c2ccccc21. The first-order chi connectivity index (χ1) is 13.6. The Kier molecular flexibility index (Phi) is 4.94. The van der Waals surface area contributed by atoms with Gasteiger partial charge in [0.25, 0.3) is 0 Å². The Labute approximate surface area is 164 Å². The third-order valence-electron chi connectivity index (χ3n) is 6.46. The van der Waals surface area contributed by atoms with Gasteiger partial charge in [-0.05, 0) is 35.1 Å². The molecular formula is C23H25NO4. The summed E-state index contributed by atoms with van der Waals surface area (Å²) < 4.78 is 5.73. The zero-order chi connectivity index (χ0) is 19.7. The predicted molar refractivity (Wildman–Crippen MR) is 106 cm³/mol. The van der Waals surface area contributed by atoms with E-state index in [2.05, 4.69) is 24.3 Å². The van der Waals surface area contributed by atoms with Crippen LogP contribution in [0.5, 0.6) is 0 Å². The maximum atomic E-state index is 12.9. The molecular weight excluding hydrogens is 354 g/mol. The minimum atomic E-state index is -1.21. The van der Waals surface area contributed by atoms with E-state index in [0.29, 0.717) is 12.8 Å². The highest BCUT2D eigenvalue weighted by molar-refractivity contribution is 5.85. The smallest absolute Gasteiger partial charge is 0.311 e. The molecule has 0 radical (unpaired) electrons. The Bertz CT molecular complexity index is 863. The number of carbonyl (C=O) groups excluding carboxylic acids is 1. The minimum Gasteiger partial charge on any atom is -0.481 e. The molecule has 146 valence electrons. The van der Waals surface area contributed by atoms with Crippen molar-refractivity contribution in [3.05, 3.63) is 59.7 Å². The fraction of sp³-hybridized carbons (Fsp3) is 0.391. The van der Waals surface area contributed by atoms with E-state index in [-0.39, 0.29) is 19.1 Å². The first-order valence-electron chi connectivity index (χ1n) is 9.87. The Morgan fingerprint density at radius 2 is 1.64 bits per heavy atom. The Morgan fingerprint density at radius 3 is 2.21 bits per heavy atom. The number of nitrogens with two attached hydrogens (primary N) is 1. The van der Waals surface area contributed by atoms with Crippen LogP contribution in [-0.4, -0.2) is 30.2 Å². The molecule has 2 atom stereocenters. The molecule has 0 saturated heterocycles. The van der Waals surface area contributed by atoms with Crippen molar-refractivity contribution in [1.82, 2.24) is 0 Å². The largest absolute Gasteiger partial charge is 0.481 e. The molecule has 28 heavy (non-hydrogen) atoms. The van der Waals surface area contributed by atoms with Gasteiger partial charge in [-0.2, -0.15) is 0 Å². The fourth-order valence-electron chi connectivity index (χ4n) is 4.88. The summed E-state index contributed by atoms with van der Waals surface area (Å²) in [7, 11) is 0. The average Bonchev–Trinajstić information content (AvgIpc) is 3.05. The van der Waals surface area contributed by atoms with Gasteiger partial charge in [0.2, 0.25) is 0 Å². The highest BCUT2D eigenvalue weighted by atomic mass is 16.5. The fourth-order valence-corrected chi connectivity index (χ4v) is 4.88. The van der Waals surface area contributed by atoms with Crippen molar-refractivity contribution in [3.8, 4) is 11.1 Å². The molecule has 1 fully saturated rings. The van der Waals surface area contributed by atoms with Crippen LogP contribution in [0.25, 0.3) is 11.1 Å². The predicted octanol–water partition coefficient (Wildman–Crippen LogP) is 3.56. The Balaban J connectivity index is 1.56. The van der Waals surface area contributed by atoms with Crippen molar-refractivity contribution < 1.29 is 19.4 Å². The molecule has 2 aromatic carbocycles. The van der Waals surface area contributed by atoms with Crippen molar-refractivity contribution >= 4 is 11.9 Å². The van der Waals surface area contributed by atoms with Crippen molar-refractivity contribution in [1.29, 1.82) is 0 Å². The van der Waals surface area contributed by atoms with Crippen LogP contribution in [0, 0.1) is 11.3 Å². The van der Waals surface area contributed by atoms with Gasteiger partial charge in [0, 0.05) is 12.5 Å². The van der Waals surface area contributed by atoms with Crippen molar-refractivity contribution in [2.24, 2.45) is 17.1 Å². The summed E-state index contributed by atoms with van der Waals surface area (Å²) in [5.74, 6) is -2.14. The van der Waals surface area contributed by atoms with Gasteiger partial charge < -0.3 is 15.6 Å². The third-order valence-corrected chi connectivity index (χ3v) is 6.46. The van der Waals surface area contributed by atoms with Gasteiger partial charge in [-0.1, -0.05) is 61.4 Å². The number of carboxylic acid groups (broad SMARTS) is 1. The zero-order valence-electron chi connectivity index (χ0n) is 15.8. The molecule has 2 aromatic rings. The van der Waals surface area contributed by atoms with Crippen LogP contribution in [0.4, 0.5) is 0 Å². The Morgan fingerprint density at radius 1 is 1.04 bits per heavy atom. The molecule has 5 nitrogen and oxygen atoms in total. The van der Waals surface area contributed by atoms with Crippen LogP contribution in [0.3, 0.4) is 0 Å². The van der Waals surface area contributed by atoms with Crippen LogP contribution >= 0.6 is 0 Å². The normalized spacial score (nSPS) is 23.7. The van der Waals surface area contributed by atoms with E-state index in [1.807, 2.05) is 24.3 Å². The molecule has 2 aliphatic carbocycles. The number of ether oxygens (including phenoxy) is 1. The second-order valence-corrected chi connectivity index (χ2v) is 7.82. The Hall–Kier alpha value is -2.66. The lowest BCUT2D eigenvalue weighted by molar-refractivity contribution is -0.168. The molecule has 3 N–H and O–H groups in total. The number of benzene rings is 2. The van der Waals surface area contributed by atoms with Crippen molar-refractivity contribution in [2.75, 3.05) is 13.2 Å². The lowest BCUT2D eigenvalue weighted by atomic mass is 9.66. The molecule has 0 aliphatic heterocycles. The standard InChI is InChI=1S/C23H25NO4/c24-14-23(22(26)27)12-6-5-11-20(23)21(25)28-13-19-17-9-3-1-7-15(17)16-8-2-4-10-18(16)19/h1-4,7-10,19-20H,5-6,11-14,24H2,(H,26,27). The summed E-state index contributed by atoms with van der Waals surface area (Å²) in [5, 5.41) is 9.76. The molecule has 0 spiro atoms. The molecule has 0 amide bonds. The lowest BCUT2D eigenvalue weighted by Crippen LogP contribution is -2.50. The van der Waals surface area contributed by atoms with E-state index in [0.717, 1.165) is 24.0 Å². The molecule has 1 saturated carbocycles. The minimum absolute atomic E-state index is 0.0305. The quantitative estimate of drug-likeness (QED) is 0.775. The second-order valence-electron chi connectivity index (χ2n) is 7.82. The molecule has 5 heteroatoms. The zero-order valence-corrected chi connectivity index (χ0v) is 15.8. The summed E-state index contributed by atoms with van der Waals surface area (Å²) in [6, 6.07) is 16.3. The van der Waals surface area contributed by atoms with Gasteiger partial charge in [-0.15, -0.1) is 0 Å². The van der Waals surface area contributed by atoms with Gasteiger partial charge >= 0.3 is 11.9 Å². The van der Waals surface area contributed by atoms with E-state index in [1.54, 1.807) is 0 Å². The first-order valence-corrected chi connectivity index (χ1v) is 9.87. The first kappa shape index (κ1) is 18.7. The van der Waals surface area contributed by atoms with Crippen molar-refractivity contribution in [2.45, 2.75) is 31.6 Å². The third kappa shape index (κ3) is 2.90. The van der Waals surface area contributed by atoms with E-state index >= 15 is 0 Å². The highest BCUT2D eigenvalue weighted by Gasteiger charge is 2.50. The van der Waals surface area contributed by atoms with Crippen molar-refractivity contribution in [3.63, 3.8) is 0 Å². The maximum Gasteiger partial charge on any atom is 0.311 e. The number of carboxylic acids is 1. The van der Waals surface area contributed by atoms with Gasteiger partial charge in [0.1, 0.15) is 6.61 Å². The van der Waals surface area contributed by atoms with Crippen LogP contribution in [0.1, 0.15) is 42.7 Å². The number of esters is 1. The summed E-state index contributed by atoms with van der Waals surface area (Å²) in [4.78, 5) is 24.8. The highest BCUT2D eigenvalue weighted by Crippen LogP contribution is 2.45. The number of hydrogen-bond acceptors (Lipinski definition) is 4. The maximum absolute atomic E-state index is 12.9. The van der Waals surface area contributed by atoms with Gasteiger partial charge in [-0.25, -0.2) is 0 Å². The van der Waals surface area contributed by atoms with Gasteiger partial charge in [0.05, 0.1) is 11.3 Å². The van der Waals surface area contributed by atoms with E-state index < -0.39 is 23.3 Å². The number of rotatable bonds is 5. The van der Waals surface area contributed by atoms with Crippen LogP contribution < -0.4 is 5.73 Å². The number of hydrogen-bond donors (Lipinski definition) is 2. The molecule has 2 unspecified atom stereocenters. The summed E-state index contributed by atoms with van der Waals surface area (Å²) in [5.41, 5.74) is 9.23. The number of aliphatic carboxylic acids is 1. The van der Waals surface area contributed by atoms with Crippen LogP contribution in [0.15, 0.2) is 48.5 Å².